The number of hydrogen-bond donors (Lipinski definition) is 3. The number of aliphatic hydroxyl groups excluding tert-OH is 1. The van der Waals surface area contributed by atoms with Gasteiger partial charge in [-0.05, 0) is 6.08 Å². The van der Waals surface area contributed by atoms with Gasteiger partial charge < -0.3 is 20.6 Å². The highest BCUT2D eigenvalue weighted by molar-refractivity contribution is 6.03. The van der Waals surface area contributed by atoms with Crippen LogP contribution in [-0.4, -0.2) is 78.0 Å². The molecule has 0 aromatic carbocycles. The molecule has 24 heavy (non-hydrogen) atoms. The van der Waals surface area contributed by atoms with Crippen LogP contribution in [0.15, 0.2) is 12.2 Å². The molecule has 2 atom stereocenters. The van der Waals surface area contributed by atoms with Crippen LogP contribution in [0.1, 0.15) is 12.8 Å². The molecule has 0 bridgehead atoms. The van der Waals surface area contributed by atoms with Crippen molar-refractivity contribution in [2.75, 3.05) is 33.2 Å². The summed E-state index contributed by atoms with van der Waals surface area (Å²) in [5, 5.41) is 15.2. The van der Waals surface area contributed by atoms with Crippen molar-refractivity contribution in [2.24, 2.45) is 5.92 Å². The van der Waals surface area contributed by atoms with Gasteiger partial charge >= 0.3 is 0 Å². The molecule has 9 nitrogen and oxygen atoms in total. The minimum absolute atomic E-state index is 0.102. The molecule has 3 N–H and O–H groups in total. The van der Waals surface area contributed by atoms with Gasteiger partial charge in [0.05, 0.1) is 5.92 Å². The van der Waals surface area contributed by atoms with Crippen molar-refractivity contribution >= 4 is 23.6 Å². The van der Waals surface area contributed by atoms with Crippen molar-refractivity contribution in [3.63, 3.8) is 0 Å². The third-order valence-electron chi connectivity index (χ3n) is 4.08. The fourth-order valence-electron chi connectivity index (χ4n) is 2.61. The SMILES string of the molecule is CN1C(=O)CC(CNCCNC(=O)CCN2C(=O)C=CC2O)C1=O. The van der Waals surface area contributed by atoms with E-state index >= 15 is 0 Å². The smallest absolute Gasteiger partial charge is 0.248 e. The molecular weight excluding hydrogens is 316 g/mol. The molecule has 2 heterocycles. The molecule has 2 aliphatic rings. The van der Waals surface area contributed by atoms with Crippen molar-refractivity contribution in [1.82, 2.24) is 20.4 Å². The average molecular weight is 338 g/mol. The molecule has 9 heteroatoms. The van der Waals surface area contributed by atoms with E-state index in [2.05, 4.69) is 10.6 Å². The quantitative estimate of drug-likeness (QED) is 0.341. The number of rotatable bonds is 8. The van der Waals surface area contributed by atoms with Gasteiger partial charge in [0.2, 0.25) is 23.6 Å². The first-order chi connectivity index (χ1) is 11.4. The fraction of sp³-hybridized carbons (Fsp3) is 0.600. The third-order valence-corrected chi connectivity index (χ3v) is 4.08. The van der Waals surface area contributed by atoms with Crippen LogP contribution in [0.4, 0.5) is 0 Å². The fourth-order valence-corrected chi connectivity index (χ4v) is 2.61. The summed E-state index contributed by atoms with van der Waals surface area (Å²) in [6, 6.07) is 0. The number of hydrogen-bond acceptors (Lipinski definition) is 6. The number of carbonyl (C=O) groups excluding carboxylic acids is 4. The number of amides is 4. The number of likely N-dealkylation sites (tertiary alicyclic amines) is 1. The van der Waals surface area contributed by atoms with Crippen LogP contribution in [0.3, 0.4) is 0 Å². The van der Waals surface area contributed by atoms with Crippen LogP contribution in [0.25, 0.3) is 0 Å². The zero-order valence-electron chi connectivity index (χ0n) is 13.5. The zero-order chi connectivity index (χ0) is 17.7. The van der Waals surface area contributed by atoms with Gasteiger partial charge in [0.25, 0.3) is 0 Å². The minimum atomic E-state index is -0.961. The molecule has 2 unspecified atom stereocenters. The molecule has 0 aromatic rings. The highest BCUT2D eigenvalue weighted by atomic mass is 16.3. The maximum atomic E-state index is 11.7. The largest absolute Gasteiger partial charge is 0.370 e. The Bertz CT molecular complexity index is 562. The third kappa shape index (κ3) is 4.39. The number of carbonyl (C=O) groups is 4. The number of aliphatic hydroxyl groups is 1. The Morgan fingerprint density at radius 2 is 2.08 bits per heavy atom. The maximum absolute atomic E-state index is 11.7. The maximum Gasteiger partial charge on any atom is 0.248 e. The van der Waals surface area contributed by atoms with Crippen LogP contribution >= 0.6 is 0 Å². The Labute approximate surface area is 139 Å². The van der Waals surface area contributed by atoms with E-state index in [-0.39, 0.29) is 48.9 Å². The number of nitrogens with zero attached hydrogens (tertiary/aromatic N) is 2. The van der Waals surface area contributed by atoms with E-state index in [1.54, 1.807) is 0 Å². The van der Waals surface area contributed by atoms with Crippen LogP contribution < -0.4 is 10.6 Å². The van der Waals surface area contributed by atoms with Gasteiger partial charge in [0, 0.05) is 52.1 Å². The van der Waals surface area contributed by atoms with Crippen LogP contribution in [0.2, 0.25) is 0 Å². The van der Waals surface area contributed by atoms with E-state index in [0.29, 0.717) is 19.6 Å². The highest BCUT2D eigenvalue weighted by Crippen LogP contribution is 2.16. The van der Waals surface area contributed by atoms with Crippen molar-refractivity contribution in [3.05, 3.63) is 12.2 Å². The lowest BCUT2D eigenvalue weighted by atomic mass is 10.1. The summed E-state index contributed by atoms with van der Waals surface area (Å²) < 4.78 is 0. The summed E-state index contributed by atoms with van der Waals surface area (Å²) in [7, 11) is 1.47. The second-order valence-corrected chi connectivity index (χ2v) is 5.80. The molecule has 0 aliphatic carbocycles. The van der Waals surface area contributed by atoms with Gasteiger partial charge in [0.15, 0.2) is 0 Å². The van der Waals surface area contributed by atoms with Gasteiger partial charge in [0.1, 0.15) is 6.23 Å². The van der Waals surface area contributed by atoms with Crippen molar-refractivity contribution in [2.45, 2.75) is 19.1 Å². The number of nitrogens with one attached hydrogen (secondary N) is 2. The lowest BCUT2D eigenvalue weighted by molar-refractivity contribution is -0.138. The predicted molar refractivity (Wildman–Crippen MR) is 83.2 cm³/mol. The molecule has 0 radical (unpaired) electrons. The van der Waals surface area contributed by atoms with E-state index in [1.165, 1.54) is 24.1 Å². The second-order valence-electron chi connectivity index (χ2n) is 5.80. The summed E-state index contributed by atoms with van der Waals surface area (Å²) >= 11 is 0. The lowest BCUT2D eigenvalue weighted by Gasteiger charge is -2.19. The monoisotopic (exact) mass is 338 g/mol. The summed E-state index contributed by atoms with van der Waals surface area (Å²) in [6.07, 6.45) is 2.01. The molecule has 1 fully saturated rings. The normalized spacial score (nSPS) is 23.5. The Hall–Kier alpha value is -2.26. The van der Waals surface area contributed by atoms with Crippen molar-refractivity contribution < 1.29 is 24.3 Å². The van der Waals surface area contributed by atoms with Gasteiger partial charge in [-0.2, -0.15) is 0 Å². The molecule has 0 saturated carbocycles. The summed E-state index contributed by atoms with van der Waals surface area (Å²) in [5.74, 6) is -1.23. The second kappa shape index (κ2) is 8.02. The van der Waals surface area contributed by atoms with E-state index in [0.717, 1.165) is 4.90 Å². The molecular formula is C15H22N4O5. The Balaban J connectivity index is 1.54. The Kier molecular flexibility index (Phi) is 6.04. The van der Waals surface area contributed by atoms with Gasteiger partial charge in [-0.15, -0.1) is 0 Å². The number of imide groups is 1. The zero-order valence-corrected chi connectivity index (χ0v) is 13.5. The van der Waals surface area contributed by atoms with Crippen LogP contribution in [0.5, 0.6) is 0 Å². The van der Waals surface area contributed by atoms with Crippen LogP contribution in [0, 0.1) is 5.92 Å². The predicted octanol–water partition coefficient (Wildman–Crippen LogP) is -2.20. The van der Waals surface area contributed by atoms with Gasteiger partial charge in [-0.3, -0.25) is 24.1 Å². The van der Waals surface area contributed by atoms with Gasteiger partial charge in [-0.1, -0.05) is 0 Å². The lowest BCUT2D eigenvalue weighted by Crippen LogP contribution is -2.39. The molecule has 2 rings (SSSR count). The van der Waals surface area contributed by atoms with Crippen molar-refractivity contribution in [3.8, 4) is 0 Å². The first-order valence-corrected chi connectivity index (χ1v) is 7.85. The summed E-state index contributed by atoms with van der Waals surface area (Å²) in [6.45, 7) is 1.39. The summed E-state index contributed by atoms with van der Waals surface area (Å²) in [4.78, 5) is 48.5. The van der Waals surface area contributed by atoms with E-state index in [4.69, 9.17) is 0 Å². The average Bonchev–Trinajstić information content (AvgIpc) is 2.99. The standard InChI is InChI=1S/C15H22N4O5/c1-18-14(23)8-10(15(18)24)9-16-5-6-17-11(20)4-7-19-12(21)2-3-13(19)22/h2-3,10,12,16,21H,4-9H2,1H3,(H,17,20). The summed E-state index contributed by atoms with van der Waals surface area (Å²) in [5.41, 5.74) is 0. The van der Waals surface area contributed by atoms with E-state index < -0.39 is 6.23 Å². The van der Waals surface area contributed by atoms with Gasteiger partial charge in [-0.25, -0.2) is 0 Å². The molecule has 132 valence electrons. The first kappa shape index (κ1) is 18.1. The minimum Gasteiger partial charge on any atom is -0.370 e. The molecule has 1 saturated heterocycles. The van der Waals surface area contributed by atoms with E-state index in [9.17, 15) is 24.3 Å². The Morgan fingerprint density at radius 3 is 2.67 bits per heavy atom. The van der Waals surface area contributed by atoms with E-state index in [1.807, 2.05) is 0 Å². The Morgan fingerprint density at radius 1 is 1.33 bits per heavy atom. The van der Waals surface area contributed by atoms with Crippen molar-refractivity contribution in [1.29, 1.82) is 0 Å². The molecule has 2 aliphatic heterocycles. The topological polar surface area (TPSA) is 119 Å². The highest BCUT2D eigenvalue weighted by Gasteiger charge is 2.35. The molecule has 0 aromatic heterocycles. The molecule has 4 amide bonds. The first-order valence-electron chi connectivity index (χ1n) is 7.85. The molecule has 0 spiro atoms. The van der Waals surface area contributed by atoms with Crippen LogP contribution in [-0.2, 0) is 19.2 Å².